The summed E-state index contributed by atoms with van der Waals surface area (Å²) in [5.41, 5.74) is 4.17. The van der Waals surface area contributed by atoms with Crippen molar-refractivity contribution in [3.8, 4) is 11.1 Å². The van der Waals surface area contributed by atoms with Crippen molar-refractivity contribution in [1.29, 1.82) is 0 Å². The summed E-state index contributed by atoms with van der Waals surface area (Å²) in [6.07, 6.45) is 1.74. The summed E-state index contributed by atoms with van der Waals surface area (Å²) in [7, 11) is 0. The van der Waals surface area contributed by atoms with E-state index in [9.17, 15) is 13.6 Å². The normalized spacial score (nSPS) is 11.5. The third-order valence-electron chi connectivity index (χ3n) is 4.82. The molecular formula is C23H21F2N5O. The van der Waals surface area contributed by atoms with Gasteiger partial charge in [-0.05, 0) is 41.5 Å². The van der Waals surface area contributed by atoms with Gasteiger partial charge in [-0.3, -0.25) is 5.10 Å². The van der Waals surface area contributed by atoms with Crippen molar-refractivity contribution in [2.24, 2.45) is 0 Å². The molecule has 158 valence electrons. The topological polar surface area (TPSA) is 82.7 Å². The number of nitrogens with one attached hydrogen (secondary N) is 3. The van der Waals surface area contributed by atoms with Crippen molar-refractivity contribution < 1.29 is 13.6 Å². The van der Waals surface area contributed by atoms with Gasteiger partial charge in [0.15, 0.2) is 17.3 Å². The maximum absolute atomic E-state index is 13.3. The second kappa shape index (κ2) is 7.79. The fraction of sp³-hybridized carbons (Fsp3) is 0.174. The SMILES string of the molecule is CC(C)(C)c1cc(-c2ccc(NC(=O)Nc3ccc(F)c(F)c3)cc2)c2cn[nH]c2n1. The highest BCUT2D eigenvalue weighted by Crippen LogP contribution is 2.32. The maximum Gasteiger partial charge on any atom is 0.323 e. The zero-order chi connectivity index (χ0) is 22.2. The highest BCUT2D eigenvalue weighted by Gasteiger charge is 2.19. The molecule has 2 amide bonds. The minimum absolute atomic E-state index is 0.131. The number of urea groups is 1. The van der Waals surface area contributed by atoms with E-state index in [1.54, 1.807) is 18.3 Å². The van der Waals surface area contributed by atoms with Crippen LogP contribution in [0, 0.1) is 11.6 Å². The number of hydrogen-bond donors (Lipinski definition) is 3. The first-order valence-electron chi connectivity index (χ1n) is 9.69. The highest BCUT2D eigenvalue weighted by atomic mass is 19.2. The lowest BCUT2D eigenvalue weighted by molar-refractivity contribution is 0.262. The van der Waals surface area contributed by atoms with Crippen LogP contribution in [0.25, 0.3) is 22.2 Å². The molecule has 0 aliphatic heterocycles. The largest absolute Gasteiger partial charge is 0.323 e. The predicted octanol–water partition coefficient (Wildman–Crippen LogP) is 5.84. The number of H-pyrrole nitrogens is 1. The van der Waals surface area contributed by atoms with Crippen LogP contribution in [0.4, 0.5) is 25.0 Å². The molecule has 31 heavy (non-hydrogen) atoms. The Labute approximate surface area is 177 Å². The Morgan fingerprint density at radius 2 is 1.61 bits per heavy atom. The smallest absolute Gasteiger partial charge is 0.308 e. The van der Waals surface area contributed by atoms with Crippen LogP contribution in [-0.2, 0) is 5.41 Å². The minimum Gasteiger partial charge on any atom is -0.308 e. The Morgan fingerprint density at radius 1 is 0.935 bits per heavy atom. The van der Waals surface area contributed by atoms with Gasteiger partial charge in [-0.2, -0.15) is 5.10 Å². The van der Waals surface area contributed by atoms with E-state index in [-0.39, 0.29) is 11.1 Å². The average Bonchev–Trinajstić information content (AvgIpc) is 3.19. The number of aromatic nitrogens is 3. The average molecular weight is 421 g/mol. The lowest BCUT2D eigenvalue weighted by Crippen LogP contribution is -2.19. The Bertz CT molecular complexity index is 1260. The van der Waals surface area contributed by atoms with E-state index in [0.29, 0.717) is 5.69 Å². The van der Waals surface area contributed by atoms with Crippen molar-refractivity contribution in [3.05, 3.63) is 72.1 Å². The molecule has 6 nitrogen and oxygen atoms in total. The summed E-state index contributed by atoms with van der Waals surface area (Å²) in [5.74, 6) is -2.00. The third kappa shape index (κ3) is 4.37. The van der Waals surface area contributed by atoms with E-state index in [4.69, 9.17) is 0 Å². The van der Waals surface area contributed by atoms with Gasteiger partial charge in [0.05, 0.1) is 6.20 Å². The molecule has 0 unspecified atom stereocenters. The van der Waals surface area contributed by atoms with Gasteiger partial charge >= 0.3 is 6.03 Å². The molecule has 0 bridgehead atoms. The lowest BCUT2D eigenvalue weighted by Gasteiger charge is -2.19. The molecule has 0 fully saturated rings. The van der Waals surface area contributed by atoms with Crippen LogP contribution in [0.1, 0.15) is 26.5 Å². The quantitative estimate of drug-likeness (QED) is 0.388. The lowest BCUT2D eigenvalue weighted by atomic mass is 9.89. The first-order valence-corrected chi connectivity index (χ1v) is 9.69. The van der Waals surface area contributed by atoms with Crippen LogP contribution in [0.2, 0.25) is 0 Å². The van der Waals surface area contributed by atoms with E-state index >= 15 is 0 Å². The first-order chi connectivity index (χ1) is 14.7. The second-order valence-corrected chi connectivity index (χ2v) is 8.22. The molecule has 4 aromatic rings. The van der Waals surface area contributed by atoms with Gasteiger partial charge < -0.3 is 10.6 Å². The minimum atomic E-state index is -1.03. The zero-order valence-corrected chi connectivity index (χ0v) is 17.3. The van der Waals surface area contributed by atoms with Crippen LogP contribution in [0.15, 0.2) is 54.7 Å². The number of nitrogens with zero attached hydrogens (tertiary/aromatic N) is 2. The molecule has 3 N–H and O–H groups in total. The van der Waals surface area contributed by atoms with Crippen molar-refractivity contribution in [1.82, 2.24) is 15.2 Å². The molecule has 0 radical (unpaired) electrons. The van der Waals surface area contributed by atoms with Gasteiger partial charge in [0.2, 0.25) is 0 Å². The number of amides is 2. The van der Waals surface area contributed by atoms with Crippen LogP contribution >= 0.6 is 0 Å². The number of pyridine rings is 1. The van der Waals surface area contributed by atoms with Crippen molar-refractivity contribution in [2.75, 3.05) is 10.6 Å². The molecule has 0 saturated carbocycles. The Hall–Kier alpha value is -3.81. The Kier molecular flexibility index (Phi) is 5.14. The first kappa shape index (κ1) is 20.5. The van der Waals surface area contributed by atoms with Crippen LogP contribution < -0.4 is 10.6 Å². The second-order valence-electron chi connectivity index (χ2n) is 8.22. The van der Waals surface area contributed by atoms with E-state index in [2.05, 4.69) is 52.7 Å². The van der Waals surface area contributed by atoms with Crippen LogP contribution in [0.3, 0.4) is 0 Å². The number of hydrogen-bond acceptors (Lipinski definition) is 3. The summed E-state index contributed by atoms with van der Waals surface area (Å²) in [4.78, 5) is 16.8. The summed E-state index contributed by atoms with van der Waals surface area (Å²) in [5, 5.41) is 13.1. The summed E-state index contributed by atoms with van der Waals surface area (Å²) < 4.78 is 26.3. The van der Waals surface area contributed by atoms with Crippen molar-refractivity contribution in [2.45, 2.75) is 26.2 Å². The maximum atomic E-state index is 13.3. The molecule has 2 aromatic carbocycles. The van der Waals surface area contributed by atoms with Gasteiger partial charge in [-0.1, -0.05) is 32.9 Å². The Morgan fingerprint density at radius 3 is 2.29 bits per heavy atom. The Balaban J connectivity index is 1.55. The molecule has 0 spiro atoms. The number of carbonyl (C=O) groups is 1. The van der Waals surface area contributed by atoms with Crippen molar-refractivity contribution in [3.63, 3.8) is 0 Å². The van der Waals surface area contributed by atoms with Gasteiger partial charge in [0.25, 0.3) is 0 Å². The number of aromatic amines is 1. The van der Waals surface area contributed by atoms with E-state index < -0.39 is 17.7 Å². The highest BCUT2D eigenvalue weighted by molar-refractivity contribution is 6.00. The number of benzene rings is 2. The molecule has 0 saturated heterocycles. The number of halogens is 2. The number of anilines is 2. The number of fused-ring (bicyclic) bond motifs is 1. The van der Waals surface area contributed by atoms with Gasteiger partial charge in [0.1, 0.15) is 0 Å². The number of rotatable bonds is 3. The van der Waals surface area contributed by atoms with E-state index in [0.717, 1.165) is 40.0 Å². The van der Waals surface area contributed by atoms with Gasteiger partial charge in [-0.25, -0.2) is 18.6 Å². The summed E-state index contributed by atoms with van der Waals surface area (Å²) >= 11 is 0. The third-order valence-corrected chi connectivity index (χ3v) is 4.82. The molecular weight excluding hydrogens is 400 g/mol. The fourth-order valence-corrected chi connectivity index (χ4v) is 3.15. The summed E-state index contributed by atoms with van der Waals surface area (Å²) in [6.45, 7) is 6.29. The molecule has 2 heterocycles. The molecule has 8 heteroatoms. The van der Waals surface area contributed by atoms with Crippen LogP contribution in [-0.4, -0.2) is 21.2 Å². The molecule has 0 atom stereocenters. The molecule has 2 aromatic heterocycles. The fourth-order valence-electron chi connectivity index (χ4n) is 3.15. The van der Waals surface area contributed by atoms with Crippen LogP contribution in [0.5, 0.6) is 0 Å². The molecule has 4 rings (SSSR count). The number of carbonyl (C=O) groups excluding carboxylic acids is 1. The zero-order valence-electron chi connectivity index (χ0n) is 17.3. The monoisotopic (exact) mass is 421 g/mol. The van der Waals surface area contributed by atoms with E-state index in [1.807, 2.05) is 12.1 Å². The van der Waals surface area contributed by atoms with Gasteiger partial charge in [-0.15, -0.1) is 0 Å². The molecule has 0 aliphatic carbocycles. The van der Waals surface area contributed by atoms with Gasteiger partial charge in [0, 0.05) is 33.9 Å². The molecule has 0 aliphatic rings. The summed E-state index contributed by atoms with van der Waals surface area (Å²) in [6, 6.07) is 12.0. The van der Waals surface area contributed by atoms with E-state index in [1.165, 1.54) is 6.07 Å². The van der Waals surface area contributed by atoms with Crippen molar-refractivity contribution >= 4 is 28.4 Å². The standard InChI is InChI=1S/C23H21F2N5O/c1-23(2,3)20-11-16(17-12-26-30-21(17)29-20)13-4-6-14(7-5-13)27-22(31)28-15-8-9-18(24)19(25)10-15/h4-12H,1-3H3,(H,26,29,30)(H2,27,28,31). The predicted molar refractivity (Wildman–Crippen MR) is 117 cm³/mol.